The Bertz CT molecular complexity index is 317. The van der Waals surface area contributed by atoms with Gasteiger partial charge < -0.3 is 9.64 Å². The predicted octanol–water partition coefficient (Wildman–Crippen LogP) is 1.60. The van der Waals surface area contributed by atoms with Gasteiger partial charge in [0.25, 0.3) is 0 Å². The first-order valence-corrected chi connectivity index (χ1v) is 5.46. The average Bonchev–Trinajstić information content (AvgIpc) is 2.63. The molecule has 1 aromatic heterocycles. The summed E-state index contributed by atoms with van der Waals surface area (Å²) in [5.41, 5.74) is 0. The molecule has 5 heteroatoms. The van der Waals surface area contributed by atoms with Crippen molar-refractivity contribution >= 4 is 11.6 Å². The molecule has 0 bridgehead atoms. The summed E-state index contributed by atoms with van der Waals surface area (Å²) < 4.78 is 5.54. The third-order valence-corrected chi connectivity index (χ3v) is 2.90. The monoisotopic (exact) mass is 227 g/mol. The zero-order chi connectivity index (χ0) is 10.7. The minimum absolute atomic E-state index is 0.389. The molecule has 0 amide bonds. The van der Waals surface area contributed by atoms with Gasteiger partial charge in [-0.3, -0.25) is 0 Å². The van der Waals surface area contributed by atoms with E-state index in [0.29, 0.717) is 23.7 Å². The lowest BCUT2D eigenvalue weighted by atomic mass is 10.2. The predicted molar refractivity (Wildman–Crippen MR) is 58.2 cm³/mol. The van der Waals surface area contributed by atoms with Crippen LogP contribution in [0.2, 0.25) is 5.15 Å². The van der Waals surface area contributed by atoms with Gasteiger partial charge in [0.1, 0.15) is 6.61 Å². The zero-order valence-corrected chi connectivity index (χ0v) is 9.44. The Hall–Kier alpha value is -0.870. The van der Waals surface area contributed by atoms with Crippen molar-refractivity contribution in [3.63, 3.8) is 0 Å². The van der Waals surface area contributed by atoms with Gasteiger partial charge in [0.2, 0.25) is 5.88 Å². The fourth-order valence-corrected chi connectivity index (χ4v) is 1.85. The van der Waals surface area contributed by atoms with Gasteiger partial charge in [-0.05, 0) is 32.5 Å². The molecule has 1 aliphatic rings. The maximum absolute atomic E-state index is 5.62. The number of hydrogen-bond donors (Lipinski definition) is 0. The smallest absolute Gasteiger partial charge is 0.233 e. The van der Waals surface area contributed by atoms with Gasteiger partial charge in [-0.2, -0.15) is 0 Å². The van der Waals surface area contributed by atoms with E-state index in [0.717, 1.165) is 6.54 Å². The van der Waals surface area contributed by atoms with E-state index >= 15 is 0 Å². The highest BCUT2D eigenvalue weighted by atomic mass is 35.5. The number of ether oxygens (including phenoxy) is 1. The first-order chi connectivity index (χ1) is 7.25. The second-order valence-corrected chi connectivity index (χ2v) is 4.17. The summed E-state index contributed by atoms with van der Waals surface area (Å²) in [7, 11) is 2.12. The van der Waals surface area contributed by atoms with Crippen molar-refractivity contribution in [2.45, 2.75) is 18.9 Å². The van der Waals surface area contributed by atoms with Crippen LogP contribution in [-0.2, 0) is 0 Å². The molecular weight excluding hydrogens is 214 g/mol. The highest BCUT2D eigenvalue weighted by Gasteiger charge is 2.21. The molecule has 1 atom stereocenters. The molecule has 1 aliphatic heterocycles. The van der Waals surface area contributed by atoms with Crippen LogP contribution >= 0.6 is 11.6 Å². The number of aromatic nitrogens is 2. The molecule has 4 nitrogen and oxygen atoms in total. The van der Waals surface area contributed by atoms with Crippen molar-refractivity contribution in [2.24, 2.45) is 0 Å². The lowest BCUT2D eigenvalue weighted by molar-refractivity contribution is 0.192. The molecular formula is C10H14ClN3O. The number of nitrogens with zero attached hydrogens (tertiary/aromatic N) is 3. The fourth-order valence-electron chi connectivity index (χ4n) is 1.75. The van der Waals surface area contributed by atoms with Crippen LogP contribution in [0, 0.1) is 0 Å². The van der Waals surface area contributed by atoms with E-state index in [1.165, 1.54) is 12.8 Å². The fraction of sp³-hybridized carbons (Fsp3) is 0.600. The molecule has 0 unspecified atom stereocenters. The van der Waals surface area contributed by atoms with Crippen molar-refractivity contribution in [2.75, 3.05) is 20.2 Å². The number of likely N-dealkylation sites (N-methyl/N-ethyl adjacent to an activating group) is 1. The molecule has 2 heterocycles. The van der Waals surface area contributed by atoms with Crippen LogP contribution in [0.5, 0.6) is 5.88 Å². The summed E-state index contributed by atoms with van der Waals surface area (Å²) in [6.45, 7) is 1.83. The maximum Gasteiger partial charge on any atom is 0.233 e. The quantitative estimate of drug-likeness (QED) is 0.786. The Morgan fingerprint density at radius 3 is 3.00 bits per heavy atom. The minimum atomic E-state index is 0.389. The van der Waals surface area contributed by atoms with Gasteiger partial charge in [-0.25, -0.2) is 0 Å². The SMILES string of the molecule is CN1CCC[C@@H]1COc1ccc(Cl)nn1. The van der Waals surface area contributed by atoms with E-state index in [2.05, 4.69) is 22.1 Å². The Labute approximate surface area is 94.2 Å². The van der Waals surface area contributed by atoms with E-state index in [-0.39, 0.29) is 0 Å². The summed E-state index contributed by atoms with van der Waals surface area (Å²) >= 11 is 5.62. The summed E-state index contributed by atoms with van der Waals surface area (Å²) in [6.07, 6.45) is 2.44. The molecule has 1 aromatic rings. The Morgan fingerprint density at radius 1 is 1.53 bits per heavy atom. The lowest BCUT2D eigenvalue weighted by Crippen LogP contribution is -2.30. The van der Waals surface area contributed by atoms with E-state index < -0.39 is 0 Å². The molecule has 0 spiro atoms. The van der Waals surface area contributed by atoms with Crippen molar-refractivity contribution in [1.82, 2.24) is 15.1 Å². The number of hydrogen-bond acceptors (Lipinski definition) is 4. The van der Waals surface area contributed by atoms with Crippen LogP contribution in [0.4, 0.5) is 0 Å². The van der Waals surface area contributed by atoms with E-state index in [1.54, 1.807) is 12.1 Å². The van der Waals surface area contributed by atoms with E-state index in [1.807, 2.05) is 0 Å². The molecule has 0 aromatic carbocycles. The largest absolute Gasteiger partial charge is 0.475 e. The number of likely N-dealkylation sites (tertiary alicyclic amines) is 1. The molecule has 0 N–H and O–H groups in total. The van der Waals surface area contributed by atoms with Crippen molar-refractivity contribution in [3.05, 3.63) is 17.3 Å². The van der Waals surface area contributed by atoms with Crippen molar-refractivity contribution in [3.8, 4) is 5.88 Å². The third kappa shape index (κ3) is 2.79. The maximum atomic E-state index is 5.62. The topological polar surface area (TPSA) is 38.2 Å². The first-order valence-electron chi connectivity index (χ1n) is 5.08. The Balaban J connectivity index is 1.85. The lowest BCUT2D eigenvalue weighted by Gasteiger charge is -2.18. The highest BCUT2D eigenvalue weighted by molar-refractivity contribution is 6.29. The van der Waals surface area contributed by atoms with Crippen molar-refractivity contribution in [1.29, 1.82) is 0 Å². The van der Waals surface area contributed by atoms with Crippen molar-refractivity contribution < 1.29 is 4.74 Å². The molecule has 15 heavy (non-hydrogen) atoms. The zero-order valence-electron chi connectivity index (χ0n) is 8.69. The minimum Gasteiger partial charge on any atom is -0.475 e. The Morgan fingerprint density at radius 2 is 2.40 bits per heavy atom. The number of halogens is 1. The van der Waals surface area contributed by atoms with Crippen LogP contribution in [0.25, 0.3) is 0 Å². The Kier molecular flexibility index (Phi) is 3.38. The summed E-state index contributed by atoms with van der Waals surface area (Å²) in [6, 6.07) is 3.93. The molecule has 82 valence electrons. The summed E-state index contributed by atoms with van der Waals surface area (Å²) in [4.78, 5) is 2.31. The van der Waals surface area contributed by atoms with Crippen LogP contribution in [0.1, 0.15) is 12.8 Å². The molecule has 0 radical (unpaired) electrons. The van der Waals surface area contributed by atoms with Gasteiger partial charge in [-0.15, -0.1) is 10.2 Å². The highest BCUT2D eigenvalue weighted by Crippen LogP contribution is 2.16. The summed E-state index contributed by atoms with van der Waals surface area (Å²) in [5.74, 6) is 0.541. The molecule has 2 rings (SSSR count). The second kappa shape index (κ2) is 4.77. The van der Waals surface area contributed by atoms with Gasteiger partial charge in [-0.1, -0.05) is 11.6 Å². The van der Waals surface area contributed by atoms with E-state index in [4.69, 9.17) is 16.3 Å². The molecule has 1 fully saturated rings. The van der Waals surface area contributed by atoms with Gasteiger partial charge >= 0.3 is 0 Å². The van der Waals surface area contributed by atoms with Gasteiger partial charge in [0, 0.05) is 12.1 Å². The van der Waals surface area contributed by atoms with Crippen LogP contribution in [-0.4, -0.2) is 41.3 Å². The van der Waals surface area contributed by atoms with Gasteiger partial charge in [0.05, 0.1) is 0 Å². The van der Waals surface area contributed by atoms with Gasteiger partial charge in [0.15, 0.2) is 5.15 Å². The normalized spacial score (nSPS) is 21.9. The first kappa shape index (κ1) is 10.6. The van der Waals surface area contributed by atoms with Crippen LogP contribution < -0.4 is 4.74 Å². The summed E-state index contributed by atoms with van der Waals surface area (Å²) in [5, 5.41) is 7.95. The standard InChI is InChI=1S/C10H14ClN3O/c1-14-6-2-3-8(14)7-15-10-5-4-9(11)12-13-10/h4-5,8H,2-3,6-7H2,1H3/t8-/m1/s1. The molecule has 1 saturated heterocycles. The molecule has 0 saturated carbocycles. The number of rotatable bonds is 3. The average molecular weight is 228 g/mol. The van der Waals surface area contributed by atoms with Crippen LogP contribution in [0.15, 0.2) is 12.1 Å². The van der Waals surface area contributed by atoms with Crippen LogP contribution in [0.3, 0.4) is 0 Å². The third-order valence-electron chi connectivity index (χ3n) is 2.70. The van der Waals surface area contributed by atoms with E-state index in [9.17, 15) is 0 Å². The second-order valence-electron chi connectivity index (χ2n) is 3.78. The molecule has 0 aliphatic carbocycles.